The lowest BCUT2D eigenvalue weighted by molar-refractivity contribution is -0.138. The van der Waals surface area contributed by atoms with Gasteiger partial charge in [0.25, 0.3) is 5.91 Å². The number of benzene rings is 1. The van der Waals surface area contributed by atoms with E-state index in [1.807, 2.05) is 38.3 Å². The molecule has 0 unspecified atom stereocenters. The summed E-state index contributed by atoms with van der Waals surface area (Å²) >= 11 is 1.63. The van der Waals surface area contributed by atoms with Gasteiger partial charge in [-0.05, 0) is 24.0 Å². The quantitative estimate of drug-likeness (QED) is 0.431. The lowest BCUT2D eigenvalue weighted by atomic mass is 9.87. The van der Waals surface area contributed by atoms with Crippen molar-refractivity contribution in [1.82, 2.24) is 20.1 Å². The maximum Gasteiger partial charge on any atom is 0.251 e. The van der Waals surface area contributed by atoms with Crippen molar-refractivity contribution in [2.75, 3.05) is 71.6 Å². The fourth-order valence-corrected chi connectivity index (χ4v) is 6.91. The number of anilines is 1. The maximum absolute atomic E-state index is 13.8. The lowest BCUT2D eigenvalue weighted by Gasteiger charge is -2.34. The Hall–Kier alpha value is -2.90. The first-order valence-corrected chi connectivity index (χ1v) is 15.8. The number of hydrogen-bond donors (Lipinski definition) is 1. The largest absolute Gasteiger partial charge is 0.383 e. The molecule has 3 saturated heterocycles. The highest BCUT2D eigenvalue weighted by atomic mass is 32.1. The Balaban J connectivity index is 1.24. The van der Waals surface area contributed by atoms with Crippen LogP contribution >= 0.6 is 11.3 Å². The van der Waals surface area contributed by atoms with Crippen molar-refractivity contribution in [1.29, 1.82) is 0 Å². The Labute approximate surface area is 257 Å². The van der Waals surface area contributed by atoms with Crippen LogP contribution in [0.3, 0.4) is 0 Å². The van der Waals surface area contributed by atoms with Crippen LogP contribution in [-0.4, -0.2) is 123 Å². The average molecular weight is 614 g/mol. The van der Waals surface area contributed by atoms with E-state index >= 15 is 0 Å². The zero-order valence-electron chi connectivity index (χ0n) is 25.7. The Morgan fingerprint density at radius 3 is 2.51 bits per heavy atom. The molecule has 5 rings (SSSR count). The predicted molar refractivity (Wildman–Crippen MR) is 164 cm³/mol. The summed E-state index contributed by atoms with van der Waals surface area (Å²) in [5.41, 5.74) is 2.00. The molecule has 11 nitrogen and oxygen atoms in total. The molecule has 43 heavy (non-hydrogen) atoms. The normalized spacial score (nSPS) is 23.5. The molecule has 3 aliphatic heterocycles. The molecule has 0 bridgehead atoms. The van der Waals surface area contributed by atoms with Crippen molar-refractivity contribution in [2.24, 2.45) is 5.41 Å². The van der Waals surface area contributed by atoms with Gasteiger partial charge in [-0.1, -0.05) is 32.9 Å². The highest BCUT2D eigenvalue weighted by Crippen LogP contribution is 2.32. The number of thiazole rings is 1. The second kappa shape index (κ2) is 13.4. The van der Waals surface area contributed by atoms with Crippen LogP contribution in [0.4, 0.5) is 5.13 Å². The van der Waals surface area contributed by atoms with Crippen LogP contribution in [0, 0.1) is 5.41 Å². The van der Waals surface area contributed by atoms with E-state index < -0.39 is 18.2 Å². The van der Waals surface area contributed by atoms with Crippen molar-refractivity contribution in [2.45, 2.75) is 51.5 Å². The zero-order valence-corrected chi connectivity index (χ0v) is 26.5. The number of piperazine rings is 1. The van der Waals surface area contributed by atoms with Gasteiger partial charge in [0.15, 0.2) is 10.9 Å². The number of fused-ring (bicyclic) bond motifs is 1. The molecule has 1 aromatic heterocycles. The van der Waals surface area contributed by atoms with Crippen LogP contribution in [0.2, 0.25) is 0 Å². The molecule has 4 heterocycles. The molecule has 12 heteroatoms. The first kappa shape index (κ1) is 31.5. The van der Waals surface area contributed by atoms with Crippen molar-refractivity contribution in [3.8, 4) is 11.3 Å². The summed E-state index contributed by atoms with van der Waals surface area (Å²) < 4.78 is 16.3. The Kier molecular flexibility index (Phi) is 9.82. The number of amides is 2. The molecule has 3 aliphatic rings. The fourth-order valence-electron chi connectivity index (χ4n) is 6.02. The van der Waals surface area contributed by atoms with Gasteiger partial charge in [0.1, 0.15) is 30.9 Å². The second-order valence-electron chi connectivity index (χ2n) is 12.7. The van der Waals surface area contributed by atoms with E-state index in [1.165, 1.54) is 4.90 Å². The van der Waals surface area contributed by atoms with E-state index in [0.29, 0.717) is 12.0 Å². The highest BCUT2D eigenvalue weighted by molar-refractivity contribution is 7.14. The summed E-state index contributed by atoms with van der Waals surface area (Å²) in [4.78, 5) is 50.9. The number of nitrogens with zero attached hydrogens (tertiary/aromatic N) is 4. The molecule has 3 fully saturated rings. The first-order chi connectivity index (χ1) is 20.6. The Morgan fingerprint density at radius 1 is 1.14 bits per heavy atom. The first-order valence-electron chi connectivity index (χ1n) is 14.9. The van der Waals surface area contributed by atoms with E-state index in [-0.39, 0.29) is 42.3 Å². The van der Waals surface area contributed by atoms with Crippen molar-refractivity contribution < 1.29 is 28.6 Å². The summed E-state index contributed by atoms with van der Waals surface area (Å²) in [5.74, 6) is -0.765. The SMILES string of the molecule is COCCN1CCN(c2nc(-c3ccc(C(=O)N[C@@H](CC(C)(C)C)C(=O)N4C[C@H](OC)[C@H]5OCC(=O)[C@H]54)cc3)cs2)CC1. The van der Waals surface area contributed by atoms with Crippen LogP contribution in [-0.2, 0) is 23.8 Å². The van der Waals surface area contributed by atoms with Gasteiger partial charge in [-0.15, -0.1) is 11.3 Å². The topological polar surface area (TPSA) is 114 Å². The van der Waals surface area contributed by atoms with Gasteiger partial charge < -0.3 is 29.3 Å². The number of hydrogen-bond acceptors (Lipinski definition) is 10. The Bertz CT molecular complexity index is 1290. The van der Waals surface area contributed by atoms with Crippen LogP contribution < -0.4 is 10.2 Å². The summed E-state index contributed by atoms with van der Waals surface area (Å²) in [6, 6.07) is 5.82. The standard InChI is InChI=1S/C31H43N5O6S/c1-31(2,3)16-22(29(39)36-17-25(41-5)27-26(36)24(37)18-42-27)32-28(38)21-8-6-20(7-9-21)23-19-43-30(33-23)35-12-10-34(11-13-35)14-15-40-4/h6-9,19,22,25-27H,10-18H2,1-5H3,(H,32,38)/t22-,25-,26+,27+/m0/s1. The zero-order chi connectivity index (χ0) is 30.7. The molecule has 234 valence electrons. The second-order valence-corrected chi connectivity index (χ2v) is 13.5. The molecular weight excluding hydrogens is 570 g/mol. The average Bonchev–Trinajstić information content (AvgIpc) is 3.72. The summed E-state index contributed by atoms with van der Waals surface area (Å²) in [7, 11) is 3.28. The summed E-state index contributed by atoms with van der Waals surface area (Å²) in [6.45, 7) is 11.8. The summed E-state index contributed by atoms with van der Waals surface area (Å²) in [6.07, 6.45) is -0.439. The van der Waals surface area contributed by atoms with Crippen molar-refractivity contribution >= 4 is 34.1 Å². The number of nitrogens with one attached hydrogen (secondary N) is 1. The van der Waals surface area contributed by atoms with Crippen LogP contribution in [0.25, 0.3) is 11.3 Å². The number of methoxy groups -OCH3 is 2. The minimum atomic E-state index is -0.798. The van der Waals surface area contributed by atoms with E-state index in [1.54, 1.807) is 37.7 Å². The highest BCUT2D eigenvalue weighted by Gasteiger charge is 2.53. The molecule has 0 radical (unpaired) electrons. The molecule has 0 saturated carbocycles. The van der Waals surface area contributed by atoms with Gasteiger partial charge >= 0.3 is 0 Å². The number of ketones is 1. The molecule has 0 aliphatic carbocycles. The van der Waals surface area contributed by atoms with Crippen LogP contribution in [0.5, 0.6) is 0 Å². The molecule has 2 aromatic rings. The molecule has 0 spiro atoms. The van der Waals surface area contributed by atoms with Crippen molar-refractivity contribution in [3.05, 3.63) is 35.2 Å². The van der Waals surface area contributed by atoms with E-state index in [4.69, 9.17) is 19.2 Å². The third-order valence-corrected chi connectivity index (χ3v) is 9.23. The minimum Gasteiger partial charge on any atom is -0.383 e. The van der Waals surface area contributed by atoms with Crippen LogP contribution in [0.15, 0.2) is 29.6 Å². The predicted octanol–water partition coefficient (Wildman–Crippen LogP) is 2.31. The van der Waals surface area contributed by atoms with Gasteiger partial charge in [-0.3, -0.25) is 19.3 Å². The third-order valence-electron chi connectivity index (χ3n) is 8.33. The third kappa shape index (κ3) is 7.26. The van der Waals surface area contributed by atoms with E-state index in [9.17, 15) is 14.4 Å². The lowest BCUT2D eigenvalue weighted by Crippen LogP contribution is -2.53. The summed E-state index contributed by atoms with van der Waals surface area (Å²) in [5, 5.41) is 6.01. The number of rotatable bonds is 10. The number of aromatic nitrogens is 1. The van der Waals surface area contributed by atoms with Gasteiger partial charge in [-0.2, -0.15) is 0 Å². The van der Waals surface area contributed by atoms with Crippen molar-refractivity contribution in [3.63, 3.8) is 0 Å². The molecule has 1 N–H and O–H groups in total. The number of carbonyl (C=O) groups excluding carboxylic acids is 3. The smallest absolute Gasteiger partial charge is 0.251 e. The van der Waals surface area contributed by atoms with Gasteiger partial charge in [0, 0.05) is 63.5 Å². The van der Waals surface area contributed by atoms with Crippen LogP contribution in [0.1, 0.15) is 37.6 Å². The Morgan fingerprint density at radius 2 is 1.86 bits per heavy atom. The number of ether oxygens (including phenoxy) is 3. The molecule has 2 amide bonds. The monoisotopic (exact) mass is 613 g/mol. The molecule has 1 aromatic carbocycles. The molecule has 4 atom stereocenters. The maximum atomic E-state index is 13.8. The molecular formula is C31H43N5O6S. The number of Topliss-reactive ketones (excluding diaryl/α,β-unsaturated/α-hetero) is 1. The fraction of sp³-hybridized carbons (Fsp3) is 0.613. The van der Waals surface area contributed by atoms with E-state index in [2.05, 4.69) is 15.1 Å². The number of likely N-dealkylation sites (tertiary alicyclic amines) is 1. The van der Waals surface area contributed by atoms with Gasteiger partial charge in [0.2, 0.25) is 5.91 Å². The van der Waals surface area contributed by atoms with Gasteiger partial charge in [0.05, 0.1) is 18.8 Å². The number of carbonyl (C=O) groups is 3. The van der Waals surface area contributed by atoms with E-state index in [0.717, 1.165) is 55.7 Å². The minimum absolute atomic E-state index is 0.0341. The van der Waals surface area contributed by atoms with Gasteiger partial charge in [-0.25, -0.2) is 4.98 Å².